The third kappa shape index (κ3) is 9.64. The quantitative estimate of drug-likeness (QED) is 0.479. The van der Waals surface area contributed by atoms with Crippen LogP contribution in [0.5, 0.6) is 0 Å². The van der Waals surface area contributed by atoms with Gasteiger partial charge in [0.25, 0.3) is 0 Å². The molecule has 0 bridgehead atoms. The number of hydrogen-bond donors (Lipinski definition) is 0. The highest BCUT2D eigenvalue weighted by Gasteiger charge is 2.28. The van der Waals surface area contributed by atoms with Gasteiger partial charge in [0.05, 0.1) is 18.5 Å². The van der Waals surface area contributed by atoms with Crippen molar-refractivity contribution in [1.82, 2.24) is 0 Å². The molecule has 0 aliphatic heterocycles. The lowest BCUT2D eigenvalue weighted by Crippen LogP contribution is -2.07. The Balaban J connectivity index is 0. The average Bonchev–Trinajstić information content (AvgIpc) is 2.21. The number of rotatable bonds is 9. The maximum atomic E-state index is 2.62. The summed E-state index contributed by atoms with van der Waals surface area (Å²) < 4.78 is 0. The third-order valence-electron chi connectivity index (χ3n) is 3.15. The Morgan fingerprint density at radius 1 is 0.667 bits per heavy atom. The molecule has 0 amide bonds. The first-order valence-corrected chi connectivity index (χ1v) is 9.31. The molecule has 0 aliphatic rings. The van der Waals surface area contributed by atoms with Crippen LogP contribution in [0.3, 0.4) is 0 Å². The molecule has 94 valence electrons. The highest BCUT2D eigenvalue weighted by molar-refractivity contribution is 7.75. The first-order valence-electron chi connectivity index (χ1n) is 6.52. The van der Waals surface area contributed by atoms with Crippen LogP contribution in [-0.4, -0.2) is 25.2 Å². The summed E-state index contributed by atoms with van der Waals surface area (Å²) in [6.45, 7) is 9.59. The Labute approximate surface area is 104 Å². The minimum Gasteiger partial charge on any atom is -0.147 e. The Hall–Kier alpha value is 0.720. The molecule has 2 heteroatoms. The van der Waals surface area contributed by atoms with Crippen LogP contribution in [0, 0.1) is 0 Å². The monoisotopic (exact) mass is 253 g/mol. The predicted molar refractivity (Wildman–Crippen MR) is 79.4 cm³/mol. The Morgan fingerprint density at radius 3 is 1.13 bits per heavy atom. The van der Waals surface area contributed by atoms with Crippen LogP contribution in [0.25, 0.3) is 0 Å². The van der Waals surface area contributed by atoms with Crippen LogP contribution in [0.2, 0.25) is 0 Å². The van der Waals surface area contributed by atoms with Gasteiger partial charge in [0, 0.05) is 13.9 Å². The molecule has 0 unspecified atom stereocenters. The van der Waals surface area contributed by atoms with Crippen LogP contribution >= 0.6 is 19.7 Å². The van der Waals surface area contributed by atoms with Crippen molar-refractivity contribution >= 4 is 19.7 Å². The third-order valence-corrected chi connectivity index (χ3v) is 7.34. The molecule has 0 heterocycles. The lowest BCUT2D eigenvalue weighted by atomic mass is 10.4. The standard InChI is InChI=1S/C13H30P.ClH/c1-5-8-11-14(4,12-9-6-2)13-10-7-3;/h5-13H2,1-4H3;1H/q+1;. The highest BCUT2D eigenvalue weighted by atomic mass is 35.5. The summed E-state index contributed by atoms with van der Waals surface area (Å²) in [6.07, 6.45) is 13.2. The van der Waals surface area contributed by atoms with Crippen LogP contribution in [-0.2, 0) is 0 Å². The van der Waals surface area contributed by atoms with Crippen molar-refractivity contribution in [2.45, 2.75) is 59.3 Å². The predicted octanol–water partition coefficient (Wildman–Crippen LogP) is 5.46. The molecule has 0 radical (unpaired) electrons. The maximum Gasteiger partial charge on any atom is 0.0591 e. The summed E-state index contributed by atoms with van der Waals surface area (Å²) in [5.74, 6) is 0. The Morgan fingerprint density at radius 2 is 0.933 bits per heavy atom. The van der Waals surface area contributed by atoms with Crippen molar-refractivity contribution in [2.75, 3.05) is 25.2 Å². The molecule has 0 atom stereocenters. The lowest BCUT2D eigenvalue weighted by Gasteiger charge is -2.22. The summed E-state index contributed by atoms with van der Waals surface area (Å²) in [6, 6.07) is 0. The number of hydrogen-bond acceptors (Lipinski definition) is 0. The van der Waals surface area contributed by atoms with Gasteiger partial charge in [0.15, 0.2) is 0 Å². The molecule has 0 nitrogen and oxygen atoms in total. The van der Waals surface area contributed by atoms with E-state index in [0.29, 0.717) is 0 Å². The largest absolute Gasteiger partial charge is 0.147 e. The van der Waals surface area contributed by atoms with Crippen LogP contribution < -0.4 is 0 Å². The van der Waals surface area contributed by atoms with E-state index >= 15 is 0 Å². The summed E-state index contributed by atoms with van der Waals surface area (Å²) in [4.78, 5) is 0. The van der Waals surface area contributed by atoms with E-state index in [0.717, 1.165) is 0 Å². The van der Waals surface area contributed by atoms with Crippen LogP contribution in [0.1, 0.15) is 59.3 Å². The average molecular weight is 254 g/mol. The van der Waals surface area contributed by atoms with Gasteiger partial charge in [-0.15, -0.1) is 12.4 Å². The van der Waals surface area contributed by atoms with Gasteiger partial charge in [0.2, 0.25) is 0 Å². The first-order chi connectivity index (χ1) is 6.68. The molecular weight excluding hydrogens is 223 g/mol. The zero-order valence-electron chi connectivity index (χ0n) is 11.2. The van der Waals surface area contributed by atoms with E-state index in [2.05, 4.69) is 27.4 Å². The van der Waals surface area contributed by atoms with E-state index in [4.69, 9.17) is 0 Å². The van der Waals surface area contributed by atoms with Crippen molar-refractivity contribution in [2.24, 2.45) is 0 Å². The minimum absolute atomic E-state index is 0. The van der Waals surface area contributed by atoms with Gasteiger partial charge in [-0.2, -0.15) is 0 Å². The SMILES string of the molecule is CCCC[P+](C)(CCCC)CCCC.Cl. The van der Waals surface area contributed by atoms with Crippen molar-refractivity contribution in [3.05, 3.63) is 0 Å². The smallest absolute Gasteiger partial charge is 0.0591 e. The van der Waals surface area contributed by atoms with Gasteiger partial charge >= 0.3 is 0 Å². The molecule has 0 spiro atoms. The van der Waals surface area contributed by atoms with E-state index in [9.17, 15) is 0 Å². The molecule has 0 aromatic carbocycles. The van der Waals surface area contributed by atoms with Gasteiger partial charge in [0.1, 0.15) is 0 Å². The zero-order chi connectivity index (χ0) is 10.9. The molecule has 0 aromatic heterocycles. The number of unbranched alkanes of at least 4 members (excludes halogenated alkanes) is 3. The van der Waals surface area contributed by atoms with E-state index in [1.807, 2.05) is 0 Å². The van der Waals surface area contributed by atoms with Crippen molar-refractivity contribution < 1.29 is 0 Å². The summed E-state index contributed by atoms with van der Waals surface area (Å²) >= 11 is 0. The summed E-state index contributed by atoms with van der Waals surface area (Å²) in [5, 5.41) is 0. The fourth-order valence-corrected chi connectivity index (χ4v) is 5.86. The molecule has 0 aliphatic carbocycles. The molecule has 0 saturated carbocycles. The molecule has 15 heavy (non-hydrogen) atoms. The van der Waals surface area contributed by atoms with Gasteiger partial charge in [-0.05, 0) is 19.3 Å². The van der Waals surface area contributed by atoms with Crippen molar-refractivity contribution in [1.29, 1.82) is 0 Å². The Bertz CT molecular complexity index is 104. The minimum atomic E-state index is -0.519. The number of halogens is 1. The van der Waals surface area contributed by atoms with Crippen molar-refractivity contribution in [3.63, 3.8) is 0 Å². The molecule has 0 fully saturated rings. The molecular formula is C13H31ClP+. The van der Waals surface area contributed by atoms with E-state index < -0.39 is 7.26 Å². The second-order valence-corrected chi connectivity index (χ2v) is 9.43. The fraction of sp³-hybridized carbons (Fsp3) is 1.00. The Kier molecular flexibility index (Phi) is 13.5. The molecule has 0 saturated heterocycles. The van der Waals surface area contributed by atoms with E-state index in [1.54, 1.807) is 18.5 Å². The molecule has 0 rings (SSSR count). The van der Waals surface area contributed by atoms with Crippen LogP contribution in [0.4, 0.5) is 0 Å². The maximum absolute atomic E-state index is 2.62. The van der Waals surface area contributed by atoms with Crippen molar-refractivity contribution in [3.8, 4) is 0 Å². The summed E-state index contributed by atoms with van der Waals surface area (Å²) in [7, 11) is -0.519. The topological polar surface area (TPSA) is 0 Å². The second-order valence-electron chi connectivity index (χ2n) is 4.85. The molecule has 0 N–H and O–H groups in total. The van der Waals surface area contributed by atoms with Gasteiger partial charge in [-0.3, -0.25) is 0 Å². The fourth-order valence-electron chi connectivity index (χ4n) is 1.95. The van der Waals surface area contributed by atoms with Gasteiger partial charge in [-0.25, -0.2) is 0 Å². The highest BCUT2D eigenvalue weighted by Crippen LogP contribution is 2.57. The zero-order valence-corrected chi connectivity index (χ0v) is 12.9. The van der Waals surface area contributed by atoms with E-state index in [-0.39, 0.29) is 12.4 Å². The van der Waals surface area contributed by atoms with E-state index in [1.165, 1.54) is 38.5 Å². The first kappa shape index (κ1) is 18.1. The molecule has 0 aromatic rings. The second kappa shape index (κ2) is 11.2. The van der Waals surface area contributed by atoms with Crippen LogP contribution in [0.15, 0.2) is 0 Å². The summed E-state index contributed by atoms with van der Waals surface area (Å²) in [5.41, 5.74) is 0. The normalized spacial score (nSPS) is 11.2. The lowest BCUT2D eigenvalue weighted by molar-refractivity contribution is 0.838. The van der Waals surface area contributed by atoms with Gasteiger partial charge in [-0.1, -0.05) is 40.0 Å². The van der Waals surface area contributed by atoms with Gasteiger partial charge < -0.3 is 0 Å².